The normalized spacial score (nSPS) is 14.7. The summed E-state index contributed by atoms with van der Waals surface area (Å²) in [7, 11) is 0. The van der Waals surface area contributed by atoms with Gasteiger partial charge in [0, 0.05) is 12.2 Å². The molecule has 2 aromatic rings. The second-order valence-corrected chi connectivity index (χ2v) is 5.35. The molecule has 2 heterocycles. The fourth-order valence-corrected chi connectivity index (χ4v) is 2.67. The van der Waals surface area contributed by atoms with Crippen LogP contribution in [0.3, 0.4) is 0 Å². The van der Waals surface area contributed by atoms with Crippen LogP contribution in [0.1, 0.15) is 18.6 Å². The van der Waals surface area contributed by atoms with Crippen molar-refractivity contribution >= 4 is 27.3 Å². The van der Waals surface area contributed by atoms with Crippen molar-refractivity contribution in [3.63, 3.8) is 0 Å². The van der Waals surface area contributed by atoms with Gasteiger partial charge >= 0.3 is 0 Å². The predicted molar refractivity (Wildman–Crippen MR) is 74.3 cm³/mol. The van der Waals surface area contributed by atoms with E-state index in [2.05, 4.69) is 25.8 Å². The molecular weight excluding hydrogens is 294 g/mol. The van der Waals surface area contributed by atoms with Crippen molar-refractivity contribution in [2.24, 2.45) is 0 Å². The number of pyridine rings is 1. The average molecular weight is 308 g/mol. The highest BCUT2D eigenvalue weighted by atomic mass is 79.9. The van der Waals surface area contributed by atoms with Gasteiger partial charge in [0.1, 0.15) is 5.76 Å². The van der Waals surface area contributed by atoms with Crippen LogP contribution in [0.4, 0.5) is 11.4 Å². The first-order valence-electron chi connectivity index (χ1n) is 5.93. The molecule has 1 aliphatic carbocycles. The number of hydrogen-bond acceptors (Lipinski definition) is 4. The van der Waals surface area contributed by atoms with E-state index >= 15 is 0 Å². The van der Waals surface area contributed by atoms with Crippen LogP contribution in [0.15, 0.2) is 39.7 Å². The highest BCUT2D eigenvalue weighted by Gasteiger charge is 2.32. The highest BCUT2D eigenvalue weighted by molar-refractivity contribution is 9.10. The SMILES string of the molecule is Nc1cncc(Br)c1N(Cc1ccco1)C1CC1. The van der Waals surface area contributed by atoms with Crippen molar-refractivity contribution in [3.05, 3.63) is 41.0 Å². The third-order valence-corrected chi connectivity index (χ3v) is 3.66. The molecule has 2 N–H and O–H groups in total. The van der Waals surface area contributed by atoms with Gasteiger partial charge in [0.15, 0.2) is 0 Å². The first kappa shape index (κ1) is 11.6. The monoisotopic (exact) mass is 307 g/mol. The van der Waals surface area contributed by atoms with Crippen LogP contribution in [0, 0.1) is 0 Å². The van der Waals surface area contributed by atoms with Crippen molar-refractivity contribution in [3.8, 4) is 0 Å². The molecule has 2 aromatic heterocycles. The Hall–Kier alpha value is -1.49. The van der Waals surface area contributed by atoms with E-state index in [1.54, 1.807) is 18.7 Å². The van der Waals surface area contributed by atoms with E-state index in [-0.39, 0.29) is 0 Å². The number of halogens is 1. The summed E-state index contributed by atoms with van der Waals surface area (Å²) in [5.41, 5.74) is 7.77. The molecule has 0 radical (unpaired) electrons. The predicted octanol–water partition coefficient (Wildman–Crippen LogP) is 3.19. The fraction of sp³-hybridized carbons (Fsp3) is 0.308. The van der Waals surface area contributed by atoms with Gasteiger partial charge in [0.25, 0.3) is 0 Å². The van der Waals surface area contributed by atoms with Gasteiger partial charge in [-0.3, -0.25) is 4.98 Å². The lowest BCUT2D eigenvalue weighted by atomic mass is 10.2. The number of hydrogen-bond donors (Lipinski definition) is 1. The van der Waals surface area contributed by atoms with Crippen LogP contribution in [0.5, 0.6) is 0 Å². The van der Waals surface area contributed by atoms with E-state index in [0.717, 1.165) is 22.5 Å². The molecule has 4 nitrogen and oxygen atoms in total. The van der Waals surface area contributed by atoms with E-state index in [1.807, 2.05) is 12.1 Å². The molecule has 0 aromatic carbocycles. The first-order valence-corrected chi connectivity index (χ1v) is 6.73. The van der Waals surface area contributed by atoms with Gasteiger partial charge in [-0.25, -0.2) is 0 Å². The van der Waals surface area contributed by atoms with E-state index < -0.39 is 0 Å². The Balaban J connectivity index is 1.94. The van der Waals surface area contributed by atoms with Crippen LogP contribution in [0.25, 0.3) is 0 Å². The topological polar surface area (TPSA) is 55.3 Å². The van der Waals surface area contributed by atoms with Crippen molar-refractivity contribution in [2.45, 2.75) is 25.4 Å². The molecule has 0 bridgehead atoms. The van der Waals surface area contributed by atoms with Gasteiger partial charge in [-0.15, -0.1) is 0 Å². The van der Waals surface area contributed by atoms with Crippen molar-refractivity contribution < 1.29 is 4.42 Å². The third kappa shape index (κ3) is 2.22. The molecule has 0 saturated heterocycles. The summed E-state index contributed by atoms with van der Waals surface area (Å²) in [5.74, 6) is 0.949. The number of nitrogen functional groups attached to an aromatic ring is 1. The third-order valence-electron chi connectivity index (χ3n) is 3.08. The molecule has 1 fully saturated rings. The van der Waals surface area contributed by atoms with Crippen LogP contribution in [-0.4, -0.2) is 11.0 Å². The van der Waals surface area contributed by atoms with Crippen molar-refractivity contribution in [2.75, 3.05) is 10.6 Å². The average Bonchev–Trinajstić information content (AvgIpc) is 3.06. The fourth-order valence-electron chi connectivity index (χ4n) is 2.09. The van der Waals surface area contributed by atoms with E-state index in [4.69, 9.17) is 10.2 Å². The number of nitrogens with two attached hydrogens (primary N) is 1. The highest BCUT2D eigenvalue weighted by Crippen LogP contribution is 2.39. The zero-order valence-electron chi connectivity index (χ0n) is 9.84. The largest absolute Gasteiger partial charge is 0.467 e. The second-order valence-electron chi connectivity index (χ2n) is 4.50. The molecule has 0 unspecified atom stereocenters. The molecule has 18 heavy (non-hydrogen) atoms. The van der Waals surface area contributed by atoms with E-state index in [0.29, 0.717) is 11.7 Å². The Morgan fingerprint density at radius 1 is 1.44 bits per heavy atom. The smallest absolute Gasteiger partial charge is 0.123 e. The maximum absolute atomic E-state index is 6.05. The van der Waals surface area contributed by atoms with Crippen LogP contribution < -0.4 is 10.6 Å². The molecule has 0 aliphatic heterocycles. The summed E-state index contributed by atoms with van der Waals surface area (Å²) in [4.78, 5) is 6.37. The minimum absolute atomic E-state index is 0.552. The minimum Gasteiger partial charge on any atom is -0.467 e. The van der Waals surface area contributed by atoms with Crippen molar-refractivity contribution in [1.29, 1.82) is 0 Å². The Bertz CT molecular complexity index is 517. The minimum atomic E-state index is 0.552. The second kappa shape index (κ2) is 4.65. The summed E-state index contributed by atoms with van der Waals surface area (Å²) >= 11 is 3.53. The Morgan fingerprint density at radius 2 is 2.28 bits per heavy atom. The number of anilines is 2. The van der Waals surface area contributed by atoms with Gasteiger partial charge < -0.3 is 15.1 Å². The van der Waals surface area contributed by atoms with Crippen molar-refractivity contribution in [1.82, 2.24) is 4.98 Å². The molecular formula is C13H14BrN3O. The molecule has 0 spiro atoms. The summed E-state index contributed by atoms with van der Waals surface area (Å²) in [5, 5.41) is 0. The molecule has 94 valence electrons. The Morgan fingerprint density at radius 3 is 2.89 bits per heavy atom. The maximum Gasteiger partial charge on any atom is 0.123 e. The lowest BCUT2D eigenvalue weighted by Gasteiger charge is -2.26. The Labute approximate surface area is 114 Å². The maximum atomic E-state index is 6.05. The summed E-state index contributed by atoms with van der Waals surface area (Å²) < 4.78 is 6.36. The lowest BCUT2D eigenvalue weighted by Crippen LogP contribution is -2.26. The molecule has 0 amide bonds. The summed E-state index contributed by atoms with van der Waals surface area (Å²) in [6.45, 7) is 0.741. The lowest BCUT2D eigenvalue weighted by molar-refractivity contribution is 0.501. The molecule has 0 atom stereocenters. The summed E-state index contributed by atoms with van der Waals surface area (Å²) in [6.07, 6.45) is 7.58. The molecule has 5 heteroatoms. The van der Waals surface area contributed by atoms with Crippen LogP contribution in [0.2, 0.25) is 0 Å². The van der Waals surface area contributed by atoms with Crippen LogP contribution in [-0.2, 0) is 6.54 Å². The number of nitrogens with zero attached hydrogens (tertiary/aromatic N) is 2. The molecule has 3 rings (SSSR count). The quantitative estimate of drug-likeness (QED) is 0.942. The van der Waals surface area contributed by atoms with Gasteiger partial charge in [-0.2, -0.15) is 0 Å². The van der Waals surface area contributed by atoms with Crippen LogP contribution >= 0.6 is 15.9 Å². The number of furan rings is 1. The van der Waals surface area contributed by atoms with E-state index in [1.165, 1.54) is 12.8 Å². The Kier molecular flexibility index (Phi) is 2.99. The number of aromatic nitrogens is 1. The zero-order chi connectivity index (χ0) is 12.5. The van der Waals surface area contributed by atoms with E-state index in [9.17, 15) is 0 Å². The van der Waals surface area contributed by atoms with Gasteiger partial charge in [-0.05, 0) is 40.9 Å². The molecule has 1 aliphatic rings. The van der Waals surface area contributed by atoms with Gasteiger partial charge in [0.2, 0.25) is 0 Å². The summed E-state index contributed by atoms with van der Waals surface area (Å²) in [6, 6.07) is 4.45. The number of rotatable bonds is 4. The standard InChI is InChI=1S/C13H14BrN3O/c14-11-6-16-7-12(15)13(11)17(9-3-4-9)8-10-2-1-5-18-10/h1-2,5-7,9H,3-4,8,15H2. The zero-order valence-corrected chi connectivity index (χ0v) is 11.4. The molecule has 1 saturated carbocycles. The van der Waals surface area contributed by atoms with Gasteiger partial charge in [0.05, 0.1) is 34.9 Å². The van der Waals surface area contributed by atoms with Gasteiger partial charge in [-0.1, -0.05) is 0 Å². The first-order chi connectivity index (χ1) is 8.75.